The average Bonchev–Trinajstić information content (AvgIpc) is 2.51. The van der Waals surface area contributed by atoms with Crippen LogP contribution in [-0.4, -0.2) is 23.1 Å². The van der Waals surface area contributed by atoms with Gasteiger partial charge in [0.05, 0.1) is 12.5 Å². The molecule has 0 atom stereocenters. The Morgan fingerprint density at radius 1 is 1.29 bits per heavy atom. The average molecular weight is 286 g/mol. The predicted octanol–water partition coefficient (Wildman–Crippen LogP) is 3.15. The van der Waals surface area contributed by atoms with Crippen molar-refractivity contribution >= 4 is 5.95 Å². The molecule has 0 saturated carbocycles. The molecule has 2 aromatic rings. The van der Waals surface area contributed by atoms with E-state index in [-0.39, 0.29) is 5.82 Å². The standard InChI is InChI=1S/C15H15FN4O/c1-2-20(11-3-9-17)15-18-10-8-14(19-15)21-13-6-4-12(16)5-7-13/h4-8,10H,2-3,11H2,1H3. The van der Waals surface area contributed by atoms with Crippen LogP contribution in [0.2, 0.25) is 0 Å². The monoisotopic (exact) mass is 286 g/mol. The Hall–Kier alpha value is -2.68. The van der Waals surface area contributed by atoms with Crippen LogP contribution in [-0.2, 0) is 0 Å². The third kappa shape index (κ3) is 4.14. The first-order valence-electron chi connectivity index (χ1n) is 6.61. The van der Waals surface area contributed by atoms with Gasteiger partial charge in [0.15, 0.2) is 0 Å². The van der Waals surface area contributed by atoms with Gasteiger partial charge in [0.1, 0.15) is 11.6 Å². The van der Waals surface area contributed by atoms with E-state index < -0.39 is 0 Å². The van der Waals surface area contributed by atoms with Gasteiger partial charge in [-0.3, -0.25) is 0 Å². The molecular formula is C15H15FN4O. The molecule has 6 heteroatoms. The number of nitriles is 1. The highest BCUT2D eigenvalue weighted by Gasteiger charge is 2.09. The van der Waals surface area contributed by atoms with Gasteiger partial charge in [-0.2, -0.15) is 10.2 Å². The van der Waals surface area contributed by atoms with Crippen molar-refractivity contribution < 1.29 is 9.13 Å². The summed E-state index contributed by atoms with van der Waals surface area (Å²) in [5.74, 6) is 1.06. The first kappa shape index (κ1) is 14.7. The second-order valence-electron chi connectivity index (χ2n) is 4.24. The van der Waals surface area contributed by atoms with Gasteiger partial charge in [-0.05, 0) is 31.2 Å². The lowest BCUT2D eigenvalue weighted by Gasteiger charge is -2.19. The molecule has 5 nitrogen and oxygen atoms in total. The smallest absolute Gasteiger partial charge is 0.228 e. The summed E-state index contributed by atoms with van der Waals surface area (Å²) in [6, 6.07) is 9.44. The van der Waals surface area contributed by atoms with Crippen molar-refractivity contribution in [3.8, 4) is 17.7 Å². The molecule has 0 saturated heterocycles. The van der Waals surface area contributed by atoms with Crippen molar-refractivity contribution in [3.63, 3.8) is 0 Å². The molecule has 21 heavy (non-hydrogen) atoms. The van der Waals surface area contributed by atoms with Gasteiger partial charge < -0.3 is 9.64 Å². The van der Waals surface area contributed by atoms with E-state index >= 15 is 0 Å². The molecule has 0 N–H and O–H groups in total. The van der Waals surface area contributed by atoms with Crippen molar-refractivity contribution in [2.75, 3.05) is 18.0 Å². The summed E-state index contributed by atoms with van der Waals surface area (Å²) < 4.78 is 18.4. The zero-order chi connectivity index (χ0) is 15.1. The molecule has 0 amide bonds. The normalized spacial score (nSPS) is 9.95. The van der Waals surface area contributed by atoms with E-state index in [2.05, 4.69) is 16.0 Å². The molecule has 0 aliphatic rings. The minimum absolute atomic E-state index is 0.320. The van der Waals surface area contributed by atoms with E-state index in [1.54, 1.807) is 12.3 Å². The fraction of sp³-hybridized carbons (Fsp3) is 0.267. The molecule has 2 rings (SSSR count). The van der Waals surface area contributed by atoms with Gasteiger partial charge in [-0.25, -0.2) is 9.37 Å². The summed E-state index contributed by atoms with van der Waals surface area (Å²) in [5.41, 5.74) is 0. The van der Waals surface area contributed by atoms with Crippen LogP contribution in [0.5, 0.6) is 11.6 Å². The maximum atomic E-state index is 12.8. The third-order valence-electron chi connectivity index (χ3n) is 2.81. The lowest BCUT2D eigenvalue weighted by Crippen LogP contribution is -2.25. The van der Waals surface area contributed by atoms with Gasteiger partial charge in [0, 0.05) is 25.4 Å². The van der Waals surface area contributed by atoms with E-state index in [0.717, 1.165) is 0 Å². The van der Waals surface area contributed by atoms with Crippen molar-refractivity contribution in [2.24, 2.45) is 0 Å². The van der Waals surface area contributed by atoms with E-state index in [1.165, 1.54) is 24.3 Å². The Labute approximate surface area is 122 Å². The van der Waals surface area contributed by atoms with Gasteiger partial charge in [-0.1, -0.05) is 0 Å². The molecule has 1 aromatic heterocycles. The van der Waals surface area contributed by atoms with Gasteiger partial charge in [-0.15, -0.1) is 0 Å². The van der Waals surface area contributed by atoms with Crippen LogP contribution < -0.4 is 9.64 Å². The maximum Gasteiger partial charge on any atom is 0.228 e. The van der Waals surface area contributed by atoms with Crippen LogP contribution in [0.3, 0.4) is 0 Å². The summed E-state index contributed by atoms with van der Waals surface area (Å²) in [6.45, 7) is 3.23. The summed E-state index contributed by atoms with van der Waals surface area (Å²) in [4.78, 5) is 10.4. The fourth-order valence-electron chi connectivity index (χ4n) is 1.75. The first-order chi connectivity index (χ1) is 10.2. The van der Waals surface area contributed by atoms with Crippen molar-refractivity contribution in [2.45, 2.75) is 13.3 Å². The largest absolute Gasteiger partial charge is 0.439 e. The minimum Gasteiger partial charge on any atom is -0.439 e. The van der Waals surface area contributed by atoms with E-state index in [0.29, 0.717) is 37.1 Å². The zero-order valence-electron chi connectivity index (χ0n) is 11.7. The van der Waals surface area contributed by atoms with Gasteiger partial charge in [0.25, 0.3) is 0 Å². The lowest BCUT2D eigenvalue weighted by molar-refractivity contribution is 0.459. The fourth-order valence-corrected chi connectivity index (χ4v) is 1.75. The number of rotatable bonds is 6. The van der Waals surface area contributed by atoms with Crippen LogP contribution in [0.1, 0.15) is 13.3 Å². The Morgan fingerprint density at radius 3 is 2.71 bits per heavy atom. The summed E-state index contributed by atoms with van der Waals surface area (Å²) >= 11 is 0. The van der Waals surface area contributed by atoms with E-state index in [1.807, 2.05) is 11.8 Å². The molecule has 108 valence electrons. The summed E-state index contributed by atoms with van der Waals surface area (Å²) in [6.07, 6.45) is 2.00. The molecule has 0 radical (unpaired) electrons. The van der Waals surface area contributed by atoms with Crippen LogP contribution in [0, 0.1) is 17.1 Å². The highest BCUT2D eigenvalue weighted by molar-refractivity contribution is 5.34. The van der Waals surface area contributed by atoms with E-state index in [9.17, 15) is 4.39 Å². The highest BCUT2D eigenvalue weighted by atomic mass is 19.1. The number of hydrogen-bond donors (Lipinski definition) is 0. The van der Waals surface area contributed by atoms with Crippen LogP contribution in [0.25, 0.3) is 0 Å². The molecule has 0 bridgehead atoms. The van der Waals surface area contributed by atoms with Crippen molar-refractivity contribution in [1.82, 2.24) is 9.97 Å². The second-order valence-corrected chi connectivity index (χ2v) is 4.24. The number of halogens is 1. The molecule has 0 unspecified atom stereocenters. The van der Waals surface area contributed by atoms with Crippen LogP contribution in [0.4, 0.5) is 10.3 Å². The Bertz CT molecular complexity index is 624. The molecule has 0 aliphatic heterocycles. The number of benzene rings is 1. The quantitative estimate of drug-likeness (QED) is 0.816. The summed E-state index contributed by atoms with van der Waals surface area (Å²) in [7, 11) is 0. The third-order valence-corrected chi connectivity index (χ3v) is 2.81. The van der Waals surface area contributed by atoms with Crippen LogP contribution in [0.15, 0.2) is 36.5 Å². The van der Waals surface area contributed by atoms with E-state index in [4.69, 9.17) is 10.00 Å². The maximum absolute atomic E-state index is 12.8. The number of nitrogens with zero attached hydrogens (tertiary/aromatic N) is 4. The molecule has 0 fully saturated rings. The number of ether oxygens (including phenoxy) is 1. The molecule has 1 heterocycles. The number of anilines is 1. The Morgan fingerprint density at radius 2 is 2.05 bits per heavy atom. The van der Waals surface area contributed by atoms with Crippen molar-refractivity contribution in [3.05, 3.63) is 42.3 Å². The van der Waals surface area contributed by atoms with Gasteiger partial charge in [0.2, 0.25) is 11.8 Å². The van der Waals surface area contributed by atoms with Gasteiger partial charge >= 0.3 is 0 Å². The number of aromatic nitrogens is 2. The van der Waals surface area contributed by atoms with Crippen molar-refractivity contribution in [1.29, 1.82) is 5.26 Å². The first-order valence-corrected chi connectivity index (χ1v) is 6.61. The zero-order valence-corrected chi connectivity index (χ0v) is 11.7. The summed E-state index contributed by atoms with van der Waals surface area (Å²) in [5, 5.41) is 8.66. The molecule has 1 aromatic carbocycles. The number of hydrogen-bond acceptors (Lipinski definition) is 5. The molecule has 0 spiro atoms. The topological polar surface area (TPSA) is 62.0 Å². The highest BCUT2D eigenvalue weighted by Crippen LogP contribution is 2.21. The van der Waals surface area contributed by atoms with Crippen LogP contribution >= 0.6 is 0 Å². The SMILES string of the molecule is CCN(CCC#N)c1nccc(Oc2ccc(F)cc2)n1. The molecule has 0 aliphatic carbocycles. The second kappa shape index (κ2) is 7.20. The lowest BCUT2D eigenvalue weighted by atomic mass is 10.3. The Kier molecular flexibility index (Phi) is 5.04. The predicted molar refractivity (Wildman–Crippen MR) is 76.6 cm³/mol. The Balaban J connectivity index is 2.13. The molecular weight excluding hydrogens is 271 g/mol. The minimum atomic E-state index is -0.320.